The normalized spacial score (nSPS) is 12.4. The number of nitrogens with zero attached hydrogens (tertiary/aromatic N) is 1. The quantitative estimate of drug-likeness (QED) is 0.487. The van der Waals surface area contributed by atoms with Gasteiger partial charge in [0.05, 0.1) is 10.0 Å². The van der Waals surface area contributed by atoms with Crippen LogP contribution in [0.1, 0.15) is 12.5 Å². The molecule has 0 aliphatic heterocycles. The standard InChI is InChI=1S/C12H10Cl2N2O3S2/c1-7(15-17)8-3-2-4-9(5-8)16-21(18,19)10-6-11(13)20-12(10)14/h2-6,16-17H,1H3/b15-7+. The van der Waals surface area contributed by atoms with Crippen LogP contribution >= 0.6 is 34.5 Å². The summed E-state index contributed by atoms with van der Waals surface area (Å²) in [4.78, 5) is -0.0721. The minimum atomic E-state index is -3.83. The fraction of sp³-hybridized carbons (Fsp3) is 0.0833. The number of hydrogen-bond donors (Lipinski definition) is 2. The molecule has 2 N–H and O–H groups in total. The zero-order valence-corrected chi connectivity index (χ0v) is 13.8. The highest BCUT2D eigenvalue weighted by atomic mass is 35.5. The smallest absolute Gasteiger partial charge is 0.264 e. The first-order valence-electron chi connectivity index (χ1n) is 5.60. The lowest BCUT2D eigenvalue weighted by molar-refractivity contribution is 0.319. The van der Waals surface area contributed by atoms with E-state index < -0.39 is 10.0 Å². The second-order valence-corrected chi connectivity index (χ2v) is 8.00. The van der Waals surface area contributed by atoms with Gasteiger partial charge in [0.2, 0.25) is 0 Å². The summed E-state index contributed by atoms with van der Waals surface area (Å²) in [6, 6.07) is 7.76. The van der Waals surface area contributed by atoms with Gasteiger partial charge in [-0.05, 0) is 25.1 Å². The second-order valence-electron chi connectivity index (χ2n) is 4.06. The van der Waals surface area contributed by atoms with Crippen LogP contribution in [0.25, 0.3) is 0 Å². The summed E-state index contributed by atoms with van der Waals surface area (Å²) in [6.07, 6.45) is 0. The maximum Gasteiger partial charge on any atom is 0.264 e. The van der Waals surface area contributed by atoms with Crippen molar-refractivity contribution in [1.82, 2.24) is 0 Å². The van der Waals surface area contributed by atoms with Gasteiger partial charge in [0.25, 0.3) is 10.0 Å². The van der Waals surface area contributed by atoms with E-state index in [2.05, 4.69) is 9.88 Å². The molecule has 112 valence electrons. The van der Waals surface area contributed by atoms with Crippen molar-refractivity contribution < 1.29 is 13.6 Å². The van der Waals surface area contributed by atoms with Crippen LogP contribution in [0.5, 0.6) is 0 Å². The molecule has 5 nitrogen and oxygen atoms in total. The first kappa shape index (κ1) is 16.1. The summed E-state index contributed by atoms with van der Waals surface area (Å²) in [7, 11) is -3.83. The molecular formula is C12H10Cl2N2O3S2. The third kappa shape index (κ3) is 3.68. The largest absolute Gasteiger partial charge is 0.411 e. The number of benzene rings is 1. The third-order valence-electron chi connectivity index (χ3n) is 2.60. The van der Waals surface area contributed by atoms with Gasteiger partial charge in [0.15, 0.2) is 0 Å². The maximum atomic E-state index is 12.3. The molecule has 0 aliphatic carbocycles. The van der Waals surface area contributed by atoms with Crippen molar-refractivity contribution in [1.29, 1.82) is 0 Å². The van der Waals surface area contributed by atoms with Crippen LogP contribution in [0.15, 0.2) is 40.4 Å². The Balaban J connectivity index is 2.35. The summed E-state index contributed by atoms with van der Waals surface area (Å²) in [6.45, 7) is 1.60. The highest BCUT2D eigenvalue weighted by Gasteiger charge is 2.21. The van der Waals surface area contributed by atoms with E-state index in [1.807, 2.05) is 0 Å². The Morgan fingerprint density at radius 2 is 2.05 bits per heavy atom. The average molecular weight is 365 g/mol. The van der Waals surface area contributed by atoms with Gasteiger partial charge < -0.3 is 5.21 Å². The Hall–Kier alpha value is -1.28. The number of rotatable bonds is 4. The molecule has 0 aliphatic rings. The number of sulfonamides is 1. The molecule has 0 radical (unpaired) electrons. The summed E-state index contributed by atoms with van der Waals surface area (Å²) >= 11 is 12.6. The highest BCUT2D eigenvalue weighted by Crippen LogP contribution is 2.35. The molecule has 9 heteroatoms. The highest BCUT2D eigenvalue weighted by molar-refractivity contribution is 7.93. The van der Waals surface area contributed by atoms with Crippen LogP contribution in [0.2, 0.25) is 8.67 Å². The Morgan fingerprint density at radius 3 is 2.62 bits per heavy atom. The number of thiophene rings is 1. The number of anilines is 1. The molecule has 1 heterocycles. The fourth-order valence-electron chi connectivity index (χ4n) is 1.58. The predicted octanol–water partition coefficient (Wildman–Crippen LogP) is 4.05. The minimum absolute atomic E-state index is 0.0721. The van der Waals surface area contributed by atoms with Gasteiger partial charge in [0, 0.05) is 11.3 Å². The van der Waals surface area contributed by atoms with Gasteiger partial charge >= 0.3 is 0 Å². The van der Waals surface area contributed by atoms with E-state index in [0.29, 0.717) is 17.0 Å². The lowest BCUT2D eigenvalue weighted by Gasteiger charge is -2.08. The van der Waals surface area contributed by atoms with E-state index in [-0.39, 0.29) is 13.6 Å². The SMILES string of the molecule is C/C(=N\O)c1cccc(NS(=O)(=O)c2cc(Cl)sc2Cl)c1. The van der Waals surface area contributed by atoms with Crippen molar-refractivity contribution in [2.75, 3.05) is 4.72 Å². The first-order valence-corrected chi connectivity index (χ1v) is 8.66. The molecule has 2 aromatic rings. The fourth-order valence-corrected chi connectivity index (χ4v) is 4.78. The molecule has 0 fully saturated rings. The number of oxime groups is 1. The van der Waals surface area contributed by atoms with Crippen molar-refractivity contribution in [3.63, 3.8) is 0 Å². The summed E-state index contributed by atoms with van der Waals surface area (Å²) < 4.78 is 27.3. The molecule has 1 aromatic heterocycles. The molecule has 0 atom stereocenters. The number of nitrogens with one attached hydrogen (secondary N) is 1. The van der Waals surface area contributed by atoms with Gasteiger partial charge in [-0.15, -0.1) is 11.3 Å². The molecule has 0 spiro atoms. The molecule has 0 saturated carbocycles. The Bertz CT molecular complexity index is 801. The lowest BCUT2D eigenvalue weighted by atomic mass is 10.1. The van der Waals surface area contributed by atoms with E-state index in [0.717, 1.165) is 11.3 Å². The monoisotopic (exact) mass is 364 g/mol. The van der Waals surface area contributed by atoms with Crippen molar-refractivity contribution in [3.05, 3.63) is 44.6 Å². The van der Waals surface area contributed by atoms with Crippen LogP contribution in [-0.2, 0) is 10.0 Å². The Labute approximate surface area is 135 Å². The van der Waals surface area contributed by atoms with Crippen molar-refractivity contribution in [2.45, 2.75) is 11.8 Å². The molecular weight excluding hydrogens is 355 g/mol. The molecule has 0 amide bonds. The summed E-state index contributed by atoms with van der Waals surface area (Å²) in [5.74, 6) is 0. The number of halogens is 2. The molecule has 21 heavy (non-hydrogen) atoms. The Kier molecular flexibility index (Phi) is 4.77. The van der Waals surface area contributed by atoms with E-state index >= 15 is 0 Å². The first-order chi connectivity index (χ1) is 9.83. The minimum Gasteiger partial charge on any atom is -0.411 e. The van der Waals surface area contributed by atoms with Crippen molar-refractivity contribution >= 4 is 56.0 Å². The van der Waals surface area contributed by atoms with E-state index in [1.54, 1.807) is 31.2 Å². The van der Waals surface area contributed by atoms with Crippen LogP contribution in [0.4, 0.5) is 5.69 Å². The van der Waals surface area contributed by atoms with Crippen LogP contribution < -0.4 is 4.72 Å². The summed E-state index contributed by atoms with van der Waals surface area (Å²) in [5.41, 5.74) is 1.29. The summed E-state index contributed by atoms with van der Waals surface area (Å²) in [5, 5.41) is 11.8. The van der Waals surface area contributed by atoms with Gasteiger partial charge in [-0.3, -0.25) is 4.72 Å². The maximum absolute atomic E-state index is 12.3. The van der Waals surface area contributed by atoms with Crippen molar-refractivity contribution in [2.24, 2.45) is 5.16 Å². The van der Waals surface area contributed by atoms with Gasteiger partial charge in [-0.2, -0.15) is 0 Å². The average Bonchev–Trinajstić information content (AvgIpc) is 2.77. The third-order valence-corrected chi connectivity index (χ3v) is 5.73. The zero-order valence-electron chi connectivity index (χ0n) is 10.7. The van der Waals surface area contributed by atoms with Crippen LogP contribution in [0.3, 0.4) is 0 Å². The van der Waals surface area contributed by atoms with Gasteiger partial charge in [-0.25, -0.2) is 8.42 Å². The lowest BCUT2D eigenvalue weighted by Crippen LogP contribution is -2.13. The molecule has 0 unspecified atom stereocenters. The number of hydrogen-bond acceptors (Lipinski definition) is 5. The van der Waals surface area contributed by atoms with Crippen molar-refractivity contribution in [3.8, 4) is 0 Å². The molecule has 1 aromatic carbocycles. The topological polar surface area (TPSA) is 78.8 Å². The van der Waals surface area contributed by atoms with Crippen LogP contribution in [0, 0.1) is 0 Å². The van der Waals surface area contributed by atoms with Gasteiger partial charge in [0.1, 0.15) is 9.23 Å². The molecule has 0 saturated heterocycles. The van der Waals surface area contributed by atoms with Crippen LogP contribution in [-0.4, -0.2) is 19.3 Å². The molecule has 0 bridgehead atoms. The Morgan fingerprint density at radius 1 is 1.33 bits per heavy atom. The molecule has 2 rings (SSSR count). The zero-order chi connectivity index (χ0) is 15.6. The van der Waals surface area contributed by atoms with E-state index in [1.165, 1.54) is 6.07 Å². The van der Waals surface area contributed by atoms with E-state index in [9.17, 15) is 8.42 Å². The van der Waals surface area contributed by atoms with E-state index in [4.69, 9.17) is 28.4 Å². The second kappa shape index (κ2) is 6.23. The predicted molar refractivity (Wildman–Crippen MR) is 85.6 cm³/mol. The van der Waals surface area contributed by atoms with Gasteiger partial charge in [-0.1, -0.05) is 40.5 Å².